The van der Waals surface area contributed by atoms with E-state index in [2.05, 4.69) is 11.7 Å². The lowest BCUT2D eigenvalue weighted by atomic mass is 10.0. The Balaban J connectivity index is 5.13. The number of nitrogens with two attached hydrogens (primary N) is 1. The molecule has 0 fully saturated rings. The van der Waals surface area contributed by atoms with Crippen molar-refractivity contribution in [2.45, 2.75) is 20.8 Å². The fraction of sp³-hybridized carbons (Fsp3) is 0.364. The van der Waals surface area contributed by atoms with Gasteiger partial charge in [0.1, 0.15) is 0 Å². The van der Waals surface area contributed by atoms with Crippen molar-refractivity contribution in [1.29, 1.82) is 0 Å². The van der Waals surface area contributed by atoms with Gasteiger partial charge in [-0.25, -0.2) is 0 Å². The highest BCUT2D eigenvalue weighted by Gasteiger charge is 2.01. The summed E-state index contributed by atoms with van der Waals surface area (Å²) in [6.45, 7) is 9.91. The highest BCUT2D eigenvalue weighted by Crippen LogP contribution is 2.16. The third-order valence-electron chi connectivity index (χ3n) is 1.87. The highest BCUT2D eigenvalue weighted by molar-refractivity contribution is 5.45. The number of hydrogen-bond donors (Lipinski definition) is 1. The average molecular weight is 178 g/mol. The Labute approximate surface area is 80.6 Å². The molecule has 0 atom stereocenters. The summed E-state index contributed by atoms with van der Waals surface area (Å²) >= 11 is 0. The molecule has 72 valence electrons. The maximum Gasteiger partial charge on any atom is 0.0440 e. The van der Waals surface area contributed by atoms with Crippen molar-refractivity contribution < 1.29 is 0 Å². The van der Waals surface area contributed by atoms with Crippen LogP contribution >= 0.6 is 0 Å². The van der Waals surface area contributed by atoms with Gasteiger partial charge in [0.25, 0.3) is 0 Å². The van der Waals surface area contributed by atoms with Gasteiger partial charge < -0.3 is 5.73 Å². The van der Waals surface area contributed by atoms with Crippen molar-refractivity contribution in [2.75, 3.05) is 6.54 Å². The molecular weight excluding hydrogens is 160 g/mol. The summed E-state index contributed by atoms with van der Waals surface area (Å²) < 4.78 is 0. The van der Waals surface area contributed by atoms with Crippen molar-refractivity contribution in [3.8, 4) is 0 Å². The smallest absolute Gasteiger partial charge is 0.0440 e. The Morgan fingerprint density at radius 3 is 2.38 bits per heavy atom. The molecule has 13 heavy (non-hydrogen) atoms. The molecular formula is C11H18N2. The van der Waals surface area contributed by atoms with Gasteiger partial charge >= 0.3 is 0 Å². The molecule has 0 spiro atoms. The second kappa shape index (κ2) is 6.38. The fourth-order valence-electron chi connectivity index (χ4n) is 1.10. The zero-order chi connectivity index (χ0) is 10.3. The van der Waals surface area contributed by atoms with Gasteiger partial charge in [0.15, 0.2) is 0 Å². The molecule has 0 unspecified atom stereocenters. The summed E-state index contributed by atoms with van der Waals surface area (Å²) in [5.41, 5.74) is 8.69. The van der Waals surface area contributed by atoms with Crippen molar-refractivity contribution in [3.63, 3.8) is 0 Å². The molecule has 0 rings (SSSR count). The monoisotopic (exact) mass is 178 g/mol. The summed E-state index contributed by atoms with van der Waals surface area (Å²) in [5, 5.41) is 0. The van der Waals surface area contributed by atoms with Gasteiger partial charge in [-0.05, 0) is 38.6 Å². The molecule has 0 saturated carbocycles. The Morgan fingerprint density at radius 2 is 2.08 bits per heavy atom. The molecule has 0 aromatic carbocycles. The predicted octanol–water partition coefficient (Wildman–Crippen LogP) is 2.44. The van der Waals surface area contributed by atoms with Gasteiger partial charge in [-0.2, -0.15) is 0 Å². The fourth-order valence-corrected chi connectivity index (χ4v) is 1.10. The molecule has 0 aromatic heterocycles. The van der Waals surface area contributed by atoms with Crippen LogP contribution in [0, 0.1) is 0 Å². The van der Waals surface area contributed by atoms with Crippen LogP contribution in [0.4, 0.5) is 0 Å². The standard InChI is InChI=1S/C11H18N2/c1-5-7-11(9(3)13-4)10(6-2)8-12/h5-7H,4,8,12H2,1-3H3/b7-5-,10-6-,11-9-. The van der Waals surface area contributed by atoms with Gasteiger partial charge in [-0.15, -0.1) is 0 Å². The van der Waals surface area contributed by atoms with Crippen molar-refractivity contribution in [1.82, 2.24) is 0 Å². The van der Waals surface area contributed by atoms with E-state index in [4.69, 9.17) is 5.73 Å². The Morgan fingerprint density at radius 1 is 1.46 bits per heavy atom. The van der Waals surface area contributed by atoms with Gasteiger partial charge in [0.05, 0.1) is 0 Å². The second-order valence-electron chi connectivity index (χ2n) is 2.68. The van der Waals surface area contributed by atoms with Crippen molar-refractivity contribution >= 4 is 6.72 Å². The van der Waals surface area contributed by atoms with E-state index in [1.165, 1.54) is 0 Å². The topological polar surface area (TPSA) is 38.4 Å². The van der Waals surface area contributed by atoms with E-state index >= 15 is 0 Å². The predicted molar refractivity (Wildman–Crippen MR) is 59.9 cm³/mol. The first kappa shape index (κ1) is 11.8. The normalized spacial score (nSPS) is 14.6. The van der Waals surface area contributed by atoms with E-state index in [-0.39, 0.29) is 0 Å². The quantitative estimate of drug-likeness (QED) is 0.521. The number of rotatable bonds is 4. The molecule has 0 bridgehead atoms. The largest absolute Gasteiger partial charge is 0.326 e. The lowest BCUT2D eigenvalue weighted by Gasteiger charge is -2.07. The third kappa shape index (κ3) is 3.38. The molecule has 0 radical (unpaired) electrons. The molecule has 0 aliphatic heterocycles. The van der Waals surface area contributed by atoms with E-state index in [9.17, 15) is 0 Å². The summed E-state index contributed by atoms with van der Waals surface area (Å²) in [5.74, 6) is 0. The molecule has 2 nitrogen and oxygen atoms in total. The summed E-state index contributed by atoms with van der Waals surface area (Å²) in [6.07, 6.45) is 5.99. The maximum absolute atomic E-state index is 5.61. The lowest BCUT2D eigenvalue weighted by molar-refractivity contribution is 1.12. The summed E-state index contributed by atoms with van der Waals surface area (Å²) in [6, 6.07) is 0. The lowest BCUT2D eigenvalue weighted by Crippen LogP contribution is -2.05. The van der Waals surface area contributed by atoms with E-state index in [1.54, 1.807) is 0 Å². The van der Waals surface area contributed by atoms with E-state index < -0.39 is 0 Å². The Hall–Kier alpha value is -1.15. The van der Waals surface area contributed by atoms with E-state index in [1.807, 2.05) is 39.0 Å². The maximum atomic E-state index is 5.61. The minimum absolute atomic E-state index is 0.531. The van der Waals surface area contributed by atoms with Crippen LogP contribution in [0.3, 0.4) is 0 Å². The molecule has 0 amide bonds. The van der Waals surface area contributed by atoms with Crippen LogP contribution in [0.5, 0.6) is 0 Å². The first-order valence-corrected chi connectivity index (χ1v) is 4.37. The van der Waals surface area contributed by atoms with Crippen LogP contribution in [0.2, 0.25) is 0 Å². The highest BCUT2D eigenvalue weighted by atomic mass is 14.7. The van der Waals surface area contributed by atoms with Crippen LogP contribution in [0.1, 0.15) is 20.8 Å². The van der Waals surface area contributed by atoms with Crippen molar-refractivity contribution in [3.05, 3.63) is 35.1 Å². The first-order chi connectivity index (χ1) is 6.21. The molecule has 2 heteroatoms. The molecule has 0 aromatic rings. The Bertz CT molecular complexity index is 257. The SMILES string of the molecule is C=N/C(C)=C(/C=C\C)C(=C/C)\CN. The number of allylic oxidation sites excluding steroid dienone is 4. The van der Waals surface area contributed by atoms with Gasteiger partial charge in [0, 0.05) is 12.2 Å². The molecule has 0 aliphatic carbocycles. The molecule has 0 saturated heterocycles. The van der Waals surface area contributed by atoms with Crippen molar-refractivity contribution in [2.24, 2.45) is 10.7 Å². The zero-order valence-electron chi connectivity index (χ0n) is 8.67. The van der Waals surface area contributed by atoms with Gasteiger partial charge in [0.2, 0.25) is 0 Å². The Kier molecular flexibility index (Phi) is 5.81. The minimum Gasteiger partial charge on any atom is -0.326 e. The molecule has 0 aliphatic rings. The third-order valence-corrected chi connectivity index (χ3v) is 1.87. The number of hydrogen-bond acceptors (Lipinski definition) is 2. The van der Waals surface area contributed by atoms with Gasteiger partial charge in [-0.3, -0.25) is 4.99 Å². The second-order valence-corrected chi connectivity index (χ2v) is 2.68. The molecule has 0 heterocycles. The first-order valence-electron chi connectivity index (χ1n) is 4.37. The number of nitrogens with zero attached hydrogens (tertiary/aromatic N) is 1. The van der Waals surface area contributed by atoms with Gasteiger partial charge in [-0.1, -0.05) is 18.2 Å². The zero-order valence-corrected chi connectivity index (χ0v) is 8.67. The van der Waals surface area contributed by atoms with Crippen LogP contribution < -0.4 is 5.73 Å². The summed E-state index contributed by atoms with van der Waals surface area (Å²) in [4.78, 5) is 3.91. The van der Waals surface area contributed by atoms with Crippen LogP contribution in [-0.4, -0.2) is 13.3 Å². The summed E-state index contributed by atoms with van der Waals surface area (Å²) in [7, 11) is 0. The van der Waals surface area contributed by atoms with Crippen LogP contribution in [0.15, 0.2) is 40.1 Å². The average Bonchev–Trinajstić information content (AvgIpc) is 2.17. The van der Waals surface area contributed by atoms with Crippen LogP contribution in [-0.2, 0) is 0 Å². The minimum atomic E-state index is 0.531. The number of aliphatic imine (C=N–C) groups is 1. The van der Waals surface area contributed by atoms with E-state index in [0.29, 0.717) is 6.54 Å². The van der Waals surface area contributed by atoms with Crippen LogP contribution in [0.25, 0.3) is 0 Å². The van der Waals surface area contributed by atoms with E-state index in [0.717, 1.165) is 16.8 Å². The molecule has 2 N–H and O–H groups in total.